The van der Waals surface area contributed by atoms with Crippen LogP contribution in [0.25, 0.3) is 6.08 Å². The summed E-state index contributed by atoms with van der Waals surface area (Å²) in [5.74, 6) is 0.346. The SMILES string of the molecule is CC(C)(C)OC(=O)N1CCC(n2cc(NC(=O)/C=C/c3cc(Br)ccc3OCc3ccccc3Cl)cn2)CC1. The first-order valence-corrected chi connectivity index (χ1v) is 13.9. The van der Waals surface area contributed by atoms with Crippen LogP contribution in [-0.4, -0.2) is 45.4 Å². The lowest BCUT2D eigenvalue weighted by molar-refractivity contribution is -0.111. The van der Waals surface area contributed by atoms with Crippen molar-refractivity contribution in [3.63, 3.8) is 0 Å². The summed E-state index contributed by atoms with van der Waals surface area (Å²) in [5, 5.41) is 7.93. The van der Waals surface area contributed by atoms with Crippen LogP contribution in [-0.2, 0) is 16.1 Å². The number of piperidine rings is 1. The Kier molecular flexibility index (Phi) is 9.35. The molecular formula is C29H32BrClN4O4. The van der Waals surface area contributed by atoms with Crippen LogP contribution in [0.5, 0.6) is 5.75 Å². The van der Waals surface area contributed by atoms with E-state index < -0.39 is 5.60 Å². The summed E-state index contributed by atoms with van der Waals surface area (Å²) >= 11 is 9.72. The molecule has 2 amide bonds. The zero-order valence-corrected chi connectivity index (χ0v) is 24.5. The zero-order chi connectivity index (χ0) is 28.0. The summed E-state index contributed by atoms with van der Waals surface area (Å²) in [4.78, 5) is 26.7. The molecule has 1 N–H and O–H groups in total. The highest BCUT2D eigenvalue weighted by molar-refractivity contribution is 9.10. The number of anilines is 1. The molecule has 0 saturated carbocycles. The molecule has 2 heterocycles. The molecule has 1 aliphatic heterocycles. The maximum absolute atomic E-state index is 12.7. The highest BCUT2D eigenvalue weighted by Crippen LogP contribution is 2.27. The standard InChI is InChI=1S/C29H32BrClN4O4/c1-29(2,3)39-28(37)34-14-12-24(13-15-34)35-18-23(17-32-35)33-27(36)11-8-20-16-22(30)9-10-26(20)38-19-21-6-4-5-7-25(21)31/h4-11,16-18,24H,12-15,19H2,1-3H3,(H,33,36)/b11-8+. The molecule has 2 aromatic carbocycles. The summed E-state index contributed by atoms with van der Waals surface area (Å²) < 4.78 is 14.2. The molecule has 8 nitrogen and oxygen atoms in total. The summed E-state index contributed by atoms with van der Waals surface area (Å²) in [6, 6.07) is 13.3. The second-order valence-corrected chi connectivity index (χ2v) is 11.6. The average Bonchev–Trinajstić information content (AvgIpc) is 3.35. The van der Waals surface area contributed by atoms with Gasteiger partial charge in [-0.05, 0) is 64.0 Å². The van der Waals surface area contributed by atoms with E-state index in [0.29, 0.717) is 36.2 Å². The number of amides is 2. The Bertz CT molecular complexity index is 1340. The molecule has 0 radical (unpaired) electrons. The van der Waals surface area contributed by atoms with Gasteiger partial charge in [-0.1, -0.05) is 45.7 Å². The number of aromatic nitrogens is 2. The Balaban J connectivity index is 1.32. The maximum atomic E-state index is 12.7. The smallest absolute Gasteiger partial charge is 0.410 e. The van der Waals surface area contributed by atoms with Gasteiger partial charge < -0.3 is 19.7 Å². The van der Waals surface area contributed by atoms with Crippen molar-refractivity contribution in [3.8, 4) is 5.75 Å². The first-order chi connectivity index (χ1) is 18.6. The predicted octanol–water partition coefficient (Wildman–Crippen LogP) is 7.10. The van der Waals surface area contributed by atoms with E-state index in [4.69, 9.17) is 21.1 Å². The molecule has 4 rings (SSSR count). The predicted molar refractivity (Wildman–Crippen MR) is 156 cm³/mol. The number of benzene rings is 2. The second kappa shape index (κ2) is 12.7. The van der Waals surface area contributed by atoms with Crippen LogP contribution in [0.15, 0.2) is 65.4 Å². The lowest BCUT2D eigenvalue weighted by Crippen LogP contribution is -2.42. The number of carbonyl (C=O) groups is 2. The molecule has 206 valence electrons. The van der Waals surface area contributed by atoms with Crippen molar-refractivity contribution >= 4 is 51.3 Å². The largest absolute Gasteiger partial charge is 0.488 e. The molecule has 3 aromatic rings. The third-order valence-electron chi connectivity index (χ3n) is 6.09. The fourth-order valence-corrected chi connectivity index (χ4v) is 4.71. The van der Waals surface area contributed by atoms with Crippen LogP contribution in [0, 0.1) is 0 Å². The number of hydrogen-bond acceptors (Lipinski definition) is 5. The van der Waals surface area contributed by atoms with Gasteiger partial charge in [0.25, 0.3) is 0 Å². The van der Waals surface area contributed by atoms with Gasteiger partial charge in [0.1, 0.15) is 18.0 Å². The first-order valence-electron chi connectivity index (χ1n) is 12.7. The number of ether oxygens (including phenoxy) is 2. The second-order valence-electron chi connectivity index (χ2n) is 10.3. The van der Waals surface area contributed by atoms with Crippen molar-refractivity contribution in [3.05, 3.63) is 81.6 Å². The van der Waals surface area contributed by atoms with Crippen molar-refractivity contribution in [1.29, 1.82) is 0 Å². The topological polar surface area (TPSA) is 85.7 Å². The normalized spacial score (nSPS) is 14.4. The number of rotatable bonds is 7. The fourth-order valence-electron chi connectivity index (χ4n) is 4.14. The van der Waals surface area contributed by atoms with Crippen LogP contribution in [0.2, 0.25) is 5.02 Å². The molecule has 0 unspecified atom stereocenters. The van der Waals surface area contributed by atoms with E-state index in [1.165, 1.54) is 6.08 Å². The molecule has 1 aromatic heterocycles. The number of nitrogens with one attached hydrogen (secondary N) is 1. The van der Waals surface area contributed by atoms with Crippen molar-refractivity contribution in [2.75, 3.05) is 18.4 Å². The Morgan fingerprint density at radius 3 is 2.64 bits per heavy atom. The third-order valence-corrected chi connectivity index (χ3v) is 6.95. The highest BCUT2D eigenvalue weighted by atomic mass is 79.9. The third kappa shape index (κ3) is 8.34. The van der Waals surface area contributed by atoms with Crippen molar-refractivity contribution in [2.45, 2.75) is 51.9 Å². The van der Waals surface area contributed by atoms with Gasteiger partial charge in [0.15, 0.2) is 0 Å². The first kappa shape index (κ1) is 28.7. The monoisotopic (exact) mass is 614 g/mol. The van der Waals surface area contributed by atoms with Crippen molar-refractivity contribution in [1.82, 2.24) is 14.7 Å². The van der Waals surface area contributed by atoms with E-state index in [2.05, 4.69) is 26.3 Å². The van der Waals surface area contributed by atoms with Gasteiger partial charge in [0.2, 0.25) is 5.91 Å². The van der Waals surface area contributed by atoms with Crippen molar-refractivity contribution in [2.24, 2.45) is 0 Å². The minimum Gasteiger partial charge on any atom is -0.488 e. The number of carbonyl (C=O) groups excluding carboxylic acids is 2. The number of halogens is 2. The maximum Gasteiger partial charge on any atom is 0.410 e. The summed E-state index contributed by atoms with van der Waals surface area (Å²) in [5.41, 5.74) is 1.71. The average molecular weight is 616 g/mol. The van der Waals surface area contributed by atoms with E-state index in [1.54, 1.807) is 17.2 Å². The van der Waals surface area contributed by atoms with Gasteiger partial charge in [0, 0.05) is 46.0 Å². The van der Waals surface area contributed by atoms with E-state index in [0.717, 1.165) is 28.4 Å². The van der Waals surface area contributed by atoms with Gasteiger partial charge in [-0.3, -0.25) is 9.48 Å². The van der Waals surface area contributed by atoms with Crippen LogP contribution in [0.1, 0.15) is 50.8 Å². The highest BCUT2D eigenvalue weighted by Gasteiger charge is 2.27. The minimum absolute atomic E-state index is 0.143. The summed E-state index contributed by atoms with van der Waals surface area (Å²) in [6.45, 7) is 7.08. The summed E-state index contributed by atoms with van der Waals surface area (Å²) in [6.07, 6.45) is 7.84. The molecule has 0 aliphatic carbocycles. The molecule has 1 saturated heterocycles. The molecule has 1 fully saturated rings. The van der Waals surface area contributed by atoms with E-state index >= 15 is 0 Å². The molecule has 39 heavy (non-hydrogen) atoms. The minimum atomic E-state index is -0.514. The quantitative estimate of drug-likeness (QED) is 0.287. The molecule has 0 atom stereocenters. The van der Waals surface area contributed by atoms with Crippen LogP contribution in [0.4, 0.5) is 10.5 Å². The fraction of sp³-hybridized carbons (Fsp3) is 0.345. The molecule has 10 heteroatoms. The lowest BCUT2D eigenvalue weighted by Gasteiger charge is -2.33. The molecular weight excluding hydrogens is 584 g/mol. The number of hydrogen-bond donors (Lipinski definition) is 1. The Hall–Kier alpha value is -3.30. The number of nitrogens with zero attached hydrogens (tertiary/aromatic N) is 3. The molecule has 0 bridgehead atoms. The Labute approximate surface area is 242 Å². The zero-order valence-electron chi connectivity index (χ0n) is 22.2. The van der Waals surface area contributed by atoms with Crippen LogP contribution in [0.3, 0.4) is 0 Å². The molecule has 0 spiro atoms. The Morgan fingerprint density at radius 1 is 1.18 bits per heavy atom. The lowest BCUT2D eigenvalue weighted by atomic mass is 10.1. The van der Waals surface area contributed by atoms with Gasteiger partial charge in [-0.15, -0.1) is 0 Å². The number of likely N-dealkylation sites (tertiary alicyclic amines) is 1. The molecule has 1 aliphatic rings. The van der Waals surface area contributed by atoms with E-state index in [9.17, 15) is 9.59 Å². The van der Waals surface area contributed by atoms with Gasteiger partial charge in [-0.2, -0.15) is 5.10 Å². The van der Waals surface area contributed by atoms with Crippen LogP contribution >= 0.6 is 27.5 Å². The van der Waals surface area contributed by atoms with Crippen LogP contribution < -0.4 is 10.1 Å². The van der Waals surface area contributed by atoms with Gasteiger partial charge in [-0.25, -0.2) is 4.79 Å². The van der Waals surface area contributed by atoms with E-state index in [-0.39, 0.29) is 18.0 Å². The summed E-state index contributed by atoms with van der Waals surface area (Å²) in [7, 11) is 0. The van der Waals surface area contributed by atoms with E-state index in [1.807, 2.05) is 74.1 Å². The Morgan fingerprint density at radius 2 is 1.92 bits per heavy atom. The van der Waals surface area contributed by atoms with Crippen molar-refractivity contribution < 1.29 is 19.1 Å². The van der Waals surface area contributed by atoms with Gasteiger partial charge >= 0.3 is 6.09 Å². The van der Waals surface area contributed by atoms with Gasteiger partial charge in [0.05, 0.1) is 17.9 Å².